The summed E-state index contributed by atoms with van der Waals surface area (Å²) >= 11 is 0. The summed E-state index contributed by atoms with van der Waals surface area (Å²) < 4.78 is 49.0. The maximum Gasteiger partial charge on any atom is 0.410 e. The third kappa shape index (κ3) is 6.20. The van der Waals surface area contributed by atoms with Crippen molar-refractivity contribution in [2.75, 3.05) is 25.9 Å². The first-order valence-electron chi connectivity index (χ1n) is 14.2. The smallest absolute Gasteiger partial charge is 0.410 e. The van der Waals surface area contributed by atoms with Gasteiger partial charge in [-0.25, -0.2) is 13.6 Å². The highest BCUT2D eigenvalue weighted by molar-refractivity contribution is 5.75. The van der Waals surface area contributed by atoms with Gasteiger partial charge in [-0.2, -0.15) is 0 Å². The van der Waals surface area contributed by atoms with E-state index in [0.717, 1.165) is 0 Å². The number of piperidine rings is 1. The van der Waals surface area contributed by atoms with Crippen molar-refractivity contribution < 1.29 is 27.8 Å². The van der Waals surface area contributed by atoms with Crippen molar-refractivity contribution >= 4 is 11.9 Å². The number of rotatable bonds is 7. The molecule has 0 saturated carbocycles. The van der Waals surface area contributed by atoms with Gasteiger partial charge in [-0.05, 0) is 75.9 Å². The maximum atomic E-state index is 15.9. The van der Waals surface area contributed by atoms with E-state index in [1.54, 1.807) is 69.1 Å². The van der Waals surface area contributed by atoms with Crippen LogP contribution in [0.4, 0.5) is 19.4 Å². The number of amides is 1. The molecule has 5 rings (SSSR count). The predicted octanol–water partition coefficient (Wildman–Crippen LogP) is 4.95. The summed E-state index contributed by atoms with van der Waals surface area (Å²) in [6.07, 6.45) is 1.50. The zero-order valence-electron chi connectivity index (χ0n) is 25.2. The van der Waals surface area contributed by atoms with Gasteiger partial charge in [0.05, 0.1) is 17.8 Å². The van der Waals surface area contributed by atoms with E-state index < -0.39 is 35.8 Å². The molecule has 4 atom stereocenters. The number of aromatic nitrogens is 3. The molecule has 0 N–H and O–H groups in total. The molecule has 10 nitrogen and oxygen atoms in total. The third-order valence-electron chi connectivity index (χ3n) is 8.00. The highest BCUT2D eigenvalue weighted by Gasteiger charge is 2.52. The summed E-state index contributed by atoms with van der Waals surface area (Å²) in [6, 6.07) is 7.95. The zero-order chi connectivity index (χ0) is 31.1. The molecule has 2 aliphatic rings. The Labute approximate surface area is 249 Å². The van der Waals surface area contributed by atoms with E-state index in [9.17, 15) is 9.59 Å². The number of halogens is 2. The molecule has 4 heterocycles. The molecule has 2 aromatic heterocycles. The number of hydrogen-bond donors (Lipinski definition) is 0. The lowest BCUT2D eigenvalue weighted by molar-refractivity contribution is -0.0104. The number of fused-ring (bicyclic) bond motifs is 2. The molecule has 0 aliphatic carbocycles. The minimum absolute atomic E-state index is 0.0922. The molecular formula is C31H37F2N5O5. The van der Waals surface area contributed by atoms with Gasteiger partial charge in [-0.1, -0.05) is 0 Å². The highest BCUT2D eigenvalue weighted by Crippen LogP contribution is 2.41. The minimum Gasteiger partial charge on any atom is -0.467 e. The molecule has 1 aromatic carbocycles. The van der Waals surface area contributed by atoms with Crippen LogP contribution in [-0.2, 0) is 16.5 Å². The lowest BCUT2D eigenvalue weighted by Crippen LogP contribution is -2.59. The van der Waals surface area contributed by atoms with E-state index >= 15 is 8.78 Å². The highest BCUT2D eigenvalue weighted by atomic mass is 19.1. The third-order valence-corrected chi connectivity index (χ3v) is 8.00. The van der Waals surface area contributed by atoms with Gasteiger partial charge >= 0.3 is 6.09 Å². The quantitative estimate of drug-likeness (QED) is 0.353. The fraction of sp³-hybridized carbons (Fsp3) is 0.484. The predicted molar refractivity (Wildman–Crippen MR) is 157 cm³/mol. The van der Waals surface area contributed by atoms with E-state index in [0.29, 0.717) is 47.7 Å². The second-order valence-electron chi connectivity index (χ2n) is 12.1. The van der Waals surface area contributed by atoms with Crippen LogP contribution in [0.1, 0.15) is 40.0 Å². The largest absolute Gasteiger partial charge is 0.467 e. The molecule has 2 aliphatic heterocycles. The molecule has 0 spiro atoms. The zero-order valence-corrected chi connectivity index (χ0v) is 25.2. The molecule has 230 valence electrons. The van der Waals surface area contributed by atoms with Crippen LogP contribution in [0.15, 0.2) is 47.4 Å². The first-order chi connectivity index (χ1) is 20.4. The summed E-state index contributed by atoms with van der Waals surface area (Å²) in [7, 11) is 4.84. The number of methoxy groups -OCH3 is 1. The van der Waals surface area contributed by atoms with Gasteiger partial charge in [0, 0.05) is 50.6 Å². The average Bonchev–Trinajstić information content (AvgIpc) is 3.31. The number of carbonyl (C=O) groups excluding carboxylic acids is 1. The lowest BCUT2D eigenvalue weighted by Gasteiger charge is -2.44. The van der Waals surface area contributed by atoms with Crippen LogP contribution in [0, 0.1) is 5.82 Å². The van der Waals surface area contributed by atoms with E-state index in [1.807, 2.05) is 0 Å². The van der Waals surface area contributed by atoms with Gasteiger partial charge in [-0.3, -0.25) is 9.69 Å². The number of benzene rings is 1. The first-order valence-corrected chi connectivity index (χ1v) is 14.2. The monoisotopic (exact) mass is 597 g/mol. The van der Waals surface area contributed by atoms with E-state index in [2.05, 4.69) is 10.2 Å². The molecule has 2 saturated heterocycles. The second-order valence-corrected chi connectivity index (χ2v) is 12.1. The lowest BCUT2D eigenvalue weighted by atomic mass is 9.94. The van der Waals surface area contributed by atoms with E-state index in [4.69, 9.17) is 14.2 Å². The summed E-state index contributed by atoms with van der Waals surface area (Å²) in [5.74, 6) is 0.172. The van der Waals surface area contributed by atoms with Crippen molar-refractivity contribution in [2.24, 2.45) is 7.05 Å². The molecule has 0 unspecified atom stereocenters. The Hall–Kier alpha value is -4.06. The van der Waals surface area contributed by atoms with Crippen molar-refractivity contribution in [3.05, 3.63) is 58.8 Å². The van der Waals surface area contributed by atoms with Crippen molar-refractivity contribution in [1.82, 2.24) is 19.7 Å². The Morgan fingerprint density at radius 3 is 2.53 bits per heavy atom. The van der Waals surface area contributed by atoms with Crippen LogP contribution >= 0.6 is 0 Å². The van der Waals surface area contributed by atoms with Crippen LogP contribution in [0.2, 0.25) is 0 Å². The molecule has 2 fully saturated rings. The van der Waals surface area contributed by atoms with Gasteiger partial charge < -0.3 is 23.7 Å². The molecule has 43 heavy (non-hydrogen) atoms. The van der Waals surface area contributed by atoms with Gasteiger partial charge in [0.2, 0.25) is 0 Å². The Morgan fingerprint density at radius 2 is 1.88 bits per heavy atom. The molecular weight excluding hydrogens is 560 g/mol. The molecule has 3 aromatic rings. The number of nitrogens with zero attached hydrogens (tertiary/aromatic N) is 5. The van der Waals surface area contributed by atoms with Gasteiger partial charge in [0.1, 0.15) is 23.3 Å². The Morgan fingerprint density at radius 1 is 1.12 bits per heavy atom. The molecule has 2 bridgehead atoms. The average molecular weight is 598 g/mol. The summed E-state index contributed by atoms with van der Waals surface area (Å²) in [5.41, 5.74) is 0.351. The van der Waals surface area contributed by atoms with Gasteiger partial charge in [0.25, 0.3) is 5.56 Å². The summed E-state index contributed by atoms with van der Waals surface area (Å²) in [6.45, 7) is 5.30. The number of ether oxygens (including phenoxy) is 3. The van der Waals surface area contributed by atoms with E-state index in [-0.39, 0.29) is 24.0 Å². The number of hydrogen-bond acceptors (Lipinski definition) is 8. The number of alkyl halides is 1. The first kappa shape index (κ1) is 30.4. The summed E-state index contributed by atoms with van der Waals surface area (Å²) in [4.78, 5) is 28.3. The molecule has 12 heteroatoms. The Kier molecular flexibility index (Phi) is 8.42. The SMILES string of the molecule is COCOc1cc(-c2ccn(C)c(=O)c2)c(F)cc1-c1ccc(N(C)[C@@H]2C[C@H]3CC[C@@H]([C@@H]2F)N3C(=O)OC(C)(C)C)nn1. The standard InChI is InChI=1S/C31H37F2N5O5/c1-31(2,3)43-30(40)38-19-7-9-24(38)29(33)25(14-19)37(5)27-10-8-23(34-35-27)21-15-22(32)20(16-26(21)42-17-41-6)18-11-12-36(4)28(39)13-18/h8,10-13,15-16,19,24-25,29H,7,9,14,17H2,1-6H3/t19-,24+,25-,29+/m1/s1. The van der Waals surface area contributed by atoms with Crippen LogP contribution < -0.4 is 15.2 Å². The van der Waals surface area contributed by atoms with Crippen molar-refractivity contribution in [3.63, 3.8) is 0 Å². The van der Waals surface area contributed by atoms with Crippen molar-refractivity contribution in [3.8, 4) is 28.1 Å². The van der Waals surface area contributed by atoms with Crippen molar-refractivity contribution in [2.45, 2.75) is 69.9 Å². The number of pyridine rings is 1. The van der Waals surface area contributed by atoms with Crippen LogP contribution in [-0.4, -0.2) is 76.6 Å². The van der Waals surface area contributed by atoms with Crippen LogP contribution in [0.5, 0.6) is 5.75 Å². The number of carbonyl (C=O) groups is 1. The van der Waals surface area contributed by atoms with Crippen molar-refractivity contribution in [1.29, 1.82) is 0 Å². The van der Waals surface area contributed by atoms with Crippen LogP contribution in [0.3, 0.4) is 0 Å². The fourth-order valence-electron chi connectivity index (χ4n) is 5.85. The normalized spacial score (nSPS) is 21.5. The topological polar surface area (TPSA) is 99.0 Å². The maximum absolute atomic E-state index is 15.9. The number of anilines is 1. The molecule has 1 amide bonds. The van der Waals surface area contributed by atoms with Crippen LogP contribution in [0.25, 0.3) is 22.4 Å². The van der Waals surface area contributed by atoms with Gasteiger partial charge in [-0.15, -0.1) is 10.2 Å². The Balaban J connectivity index is 1.38. The number of aryl methyl sites for hydroxylation is 1. The fourth-order valence-corrected chi connectivity index (χ4v) is 5.85. The minimum atomic E-state index is -1.30. The molecule has 0 radical (unpaired) electrons. The van der Waals surface area contributed by atoms with Gasteiger partial charge in [0.15, 0.2) is 12.6 Å². The Bertz CT molecular complexity index is 1540. The van der Waals surface area contributed by atoms with E-state index in [1.165, 1.54) is 29.9 Å². The second kappa shape index (κ2) is 11.9. The summed E-state index contributed by atoms with van der Waals surface area (Å²) in [5, 5.41) is 8.67.